The lowest BCUT2D eigenvalue weighted by Gasteiger charge is -2.42. The van der Waals surface area contributed by atoms with E-state index in [9.17, 15) is 35.9 Å². The van der Waals surface area contributed by atoms with Gasteiger partial charge in [0.05, 0.1) is 16.6 Å². The van der Waals surface area contributed by atoms with E-state index in [0.717, 1.165) is 40.7 Å². The molecule has 0 saturated carbocycles. The van der Waals surface area contributed by atoms with Crippen LogP contribution in [0.1, 0.15) is 20.8 Å². The molecule has 0 spiro atoms. The summed E-state index contributed by atoms with van der Waals surface area (Å²) in [5.74, 6) is -0.624. The number of halogens is 4. The van der Waals surface area contributed by atoms with E-state index in [0.29, 0.717) is 13.8 Å². The fourth-order valence-electron chi connectivity index (χ4n) is 3.32. The zero-order valence-electron chi connectivity index (χ0n) is 17.2. The molecule has 0 N–H and O–H groups in total. The van der Waals surface area contributed by atoms with Gasteiger partial charge in [0.25, 0.3) is 10.0 Å². The number of hydrogen-bond acceptors (Lipinski definition) is 5. The summed E-state index contributed by atoms with van der Waals surface area (Å²) in [6, 6.07) is 6.47. The summed E-state index contributed by atoms with van der Waals surface area (Å²) in [7, 11) is -4.29. The number of hydrogen-bond donors (Lipinski definition) is 0. The van der Waals surface area contributed by atoms with Crippen molar-refractivity contribution in [3.8, 4) is 5.75 Å². The van der Waals surface area contributed by atoms with Gasteiger partial charge in [-0.15, -0.1) is 0 Å². The number of nitrogens with zero attached hydrogens (tertiary/aromatic N) is 2. The fourth-order valence-corrected chi connectivity index (χ4v) is 4.97. The van der Waals surface area contributed by atoms with Gasteiger partial charge in [-0.2, -0.15) is 13.2 Å². The number of carbonyl (C=O) groups is 1. The molecule has 0 fully saturated rings. The van der Waals surface area contributed by atoms with Gasteiger partial charge in [0.15, 0.2) is 0 Å². The Hall–Kier alpha value is -3.02. The number of anilines is 2. The van der Waals surface area contributed by atoms with Gasteiger partial charge >= 0.3 is 6.18 Å². The van der Waals surface area contributed by atoms with Crippen LogP contribution < -0.4 is 19.0 Å². The van der Waals surface area contributed by atoms with Crippen molar-refractivity contribution < 1.29 is 40.6 Å². The standard InChI is InChI=1S/C20H20F4N2O5S/c1-12-11-31-17-9-6-14(25(18(27)28)19(2,3)20(22,23)24)10-16(17)26(12)32(29,30)15-7-4-13(21)5-8-15/h4-10,12H,11H2,1-3H3,(H,27,28)/p-1/t12-/m1/s1. The summed E-state index contributed by atoms with van der Waals surface area (Å²) in [6.45, 7) is 2.76. The number of carbonyl (C=O) groups excluding carboxylic acids is 1. The molecule has 3 rings (SSSR count). The summed E-state index contributed by atoms with van der Waals surface area (Å²) in [6.07, 6.45) is -7.07. The van der Waals surface area contributed by atoms with Crippen molar-refractivity contribution in [2.45, 2.75) is 43.4 Å². The number of rotatable bonds is 4. The molecule has 1 atom stereocenters. The van der Waals surface area contributed by atoms with Gasteiger partial charge in [-0.25, -0.2) is 12.8 Å². The zero-order valence-corrected chi connectivity index (χ0v) is 18.0. The Kier molecular flexibility index (Phi) is 5.79. The third-order valence-electron chi connectivity index (χ3n) is 5.12. The monoisotopic (exact) mass is 475 g/mol. The highest BCUT2D eigenvalue weighted by Crippen LogP contribution is 2.43. The van der Waals surface area contributed by atoms with Crippen molar-refractivity contribution in [2.75, 3.05) is 15.8 Å². The smallest absolute Gasteiger partial charge is 0.411 e. The summed E-state index contributed by atoms with van der Waals surface area (Å²) in [5.41, 5.74) is -3.49. The summed E-state index contributed by atoms with van der Waals surface area (Å²) in [5, 5.41) is 11.7. The molecule has 0 aliphatic carbocycles. The minimum absolute atomic E-state index is 0.00917. The van der Waals surface area contributed by atoms with E-state index in [-0.39, 0.29) is 27.8 Å². The van der Waals surface area contributed by atoms with Crippen LogP contribution in [-0.4, -0.2) is 38.9 Å². The first-order valence-electron chi connectivity index (χ1n) is 9.32. The lowest BCUT2D eigenvalue weighted by molar-refractivity contribution is -0.254. The first-order valence-corrected chi connectivity index (χ1v) is 10.8. The topological polar surface area (TPSA) is 90.0 Å². The molecule has 7 nitrogen and oxygen atoms in total. The number of alkyl halides is 3. The molecule has 1 aliphatic heterocycles. The van der Waals surface area contributed by atoms with Crippen LogP contribution in [0.15, 0.2) is 47.4 Å². The molecule has 0 aromatic heterocycles. The van der Waals surface area contributed by atoms with Crippen LogP contribution in [0.5, 0.6) is 5.75 Å². The van der Waals surface area contributed by atoms with E-state index in [1.807, 2.05) is 0 Å². The van der Waals surface area contributed by atoms with E-state index in [1.54, 1.807) is 0 Å². The molecule has 12 heteroatoms. The molecule has 1 amide bonds. The number of benzene rings is 2. The Morgan fingerprint density at radius 2 is 1.75 bits per heavy atom. The minimum Gasteiger partial charge on any atom is -0.530 e. The maximum atomic E-state index is 13.6. The average Bonchev–Trinajstić information content (AvgIpc) is 2.66. The number of fused-ring (bicyclic) bond motifs is 1. The van der Waals surface area contributed by atoms with Crippen molar-refractivity contribution in [3.05, 3.63) is 48.3 Å². The maximum absolute atomic E-state index is 13.6. The van der Waals surface area contributed by atoms with E-state index >= 15 is 0 Å². The number of ether oxygens (including phenoxy) is 1. The third kappa shape index (κ3) is 3.94. The molecule has 0 radical (unpaired) electrons. The molecular weight excluding hydrogens is 456 g/mol. The molecule has 1 aliphatic rings. The first kappa shape index (κ1) is 23.6. The highest BCUT2D eigenvalue weighted by molar-refractivity contribution is 7.92. The Bertz CT molecular complexity index is 1130. The highest BCUT2D eigenvalue weighted by atomic mass is 32.2. The van der Waals surface area contributed by atoms with E-state index in [1.165, 1.54) is 13.0 Å². The van der Waals surface area contributed by atoms with Crippen molar-refractivity contribution in [1.29, 1.82) is 0 Å². The third-order valence-corrected chi connectivity index (χ3v) is 7.07. The number of sulfonamides is 1. The number of carboxylic acid groups (broad SMARTS) is 1. The van der Waals surface area contributed by atoms with Gasteiger partial charge < -0.3 is 19.5 Å². The summed E-state index contributed by atoms with van der Waals surface area (Å²) < 4.78 is 86.9. The van der Waals surface area contributed by atoms with E-state index in [2.05, 4.69) is 0 Å². The van der Waals surface area contributed by atoms with Crippen LogP contribution in [0.4, 0.5) is 33.7 Å². The Morgan fingerprint density at radius 3 is 2.28 bits per heavy atom. The van der Waals surface area contributed by atoms with Crippen molar-refractivity contribution in [3.63, 3.8) is 0 Å². The molecule has 0 unspecified atom stereocenters. The normalized spacial score (nSPS) is 16.8. The van der Waals surface area contributed by atoms with Gasteiger partial charge in [0.1, 0.15) is 29.8 Å². The maximum Gasteiger partial charge on any atom is 0.411 e. The van der Waals surface area contributed by atoms with Crippen molar-refractivity contribution >= 4 is 27.5 Å². The summed E-state index contributed by atoms with van der Waals surface area (Å²) in [4.78, 5) is 11.4. The van der Waals surface area contributed by atoms with E-state index < -0.39 is 45.4 Å². The largest absolute Gasteiger partial charge is 0.530 e. The minimum atomic E-state index is -4.95. The van der Waals surface area contributed by atoms with E-state index in [4.69, 9.17) is 4.74 Å². The lowest BCUT2D eigenvalue weighted by atomic mass is 10.0. The van der Waals surface area contributed by atoms with Crippen LogP contribution in [0, 0.1) is 5.82 Å². The van der Waals surface area contributed by atoms with Crippen molar-refractivity contribution in [2.24, 2.45) is 0 Å². The second kappa shape index (κ2) is 7.84. The van der Waals surface area contributed by atoms with Crippen LogP contribution in [-0.2, 0) is 10.0 Å². The molecule has 1 heterocycles. The highest BCUT2D eigenvalue weighted by Gasteiger charge is 2.52. The van der Waals surface area contributed by atoms with Gasteiger partial charge in [-0.3, -0.25) is 4.31 Å². The molecular formula is C20H19F4N2O5S-. The van der Waals surface area contributed by atoms with Crippen molar-refractivity contribution in [1.82, 2.24) is 0 Å². The molecule has 0 bridgehead atoms. The predicted octanol–water partition coefficient (Wildman–Crippen LogP) is 3.29. The predicted molar refractivity (Wildman–Crippen MR) is 105 cm³/mol. The van der Waals surface area contributed by atoms with Crippen LogP contribution in [0.3, 0.4) is 0 Å². The van der Waals surface area contributed by atoms with Crippen LogP contribution in [0.25, 0.3) is 0 Å². The zero-order chi connectivity index (χ0) is 24.1. The second-order valence-electron chi connectivity index (χ2n) is 7.72. The molecule has 174 valence electrons. The molecule has 0 saturated heterocycles. The molecule has 32 heavy (non-hydrogen) atoms. The second-order valence-corrected chi connectivity index (χ2v) is 9.54. The average molecular weight is 475 g/mol. The Labute approximate surface area is 181 Å². The fraction of sp³-hybridized carbons (Fsp3) is 0.350. The molecule has 2 aromatic rings. The van der Waals surface area contributed by atoms with Gasteiger partial charge in [0.2, 0.25) is 0 Å². The van der Waals surface area contributed by atoms with Crippen LogP contribution in [0.2, 0.25) is 0 Å². The van der Waals surface area contributed by atoms with Gasteiger partial charge in [-0.1, -0.05) is 0 Å². The Morgan fingerprint density at radius 1 is 1.16 bits per heavy atom. The first-order chi connectivity index (χ1) is 14.7. The number of amides is 1. The lowest BCUT2D eigenvalue weighted by Crippen LogP contribution is -2.60. The van der Waals surface area contributed by atoms with Gasteiger partial charge in [-0.05, 0) is 63.2 Å². The van der Waals surface area contributed by atoms with Crippen LogP contribution >= 0.6 is 0 Å². The summed E-state index contributed by atoms with van der Waals surface area (Å²) >= 11 is 0. The SMILES string of the molecule is C[C@@H]1COc2ccc(N(C(=O)[O-])C(C)(C)C(F)(F)F)cc2N1S(=O)(=O)c1ccc(F)cc1. The van der Waals surface area contributed by atoms with Gasteiger partial charge in [0, 0.05) is 5.69 Å². The Balaban J connectivity index is 2.18. The quantitative estimate of drug-likeness (QED) is 0.633. The molecule has 2 aromatic carbocycles.